The van der Waals surface area contributed by atoms with Gasteiger partial charge >= 0.3 is 5.97 Å². The molecule has 0 unspecified atom stereocenters. The average molecular weight is 396 g/mol. The summed E-state index contributed by atoms with van der Waals surface area (Å²) in [7, 11) is 0. The third-order valence-corrected chi connectivity index (χ3v) is 4.19. The zero-order chi connectivity index (χ0) is 17.6. The molecule has 0 radical (unpaired) electrons. The molecule has 0 aliphatic rings. The van der Waals surface area contributed by atoms with Crippen LogP contribution in [0.3, 0.4) is 0 Å². The van der Waals surface area contributed by atoms with Gasteiger partial charge in [-0.25, -0.2) is 4.79 Å². The van der Waals surface area contributed by atoms with E-state index in [1.165, 1.54) is 38.2 Å². The number of carbonyl (C=O) groups is 2. The third kappa shape index (κ3) is 9.50. The molecular formula is C19H26BrNO3. The Morgan fingerprint density at radius 2 is 1.71 bits per heavy atom. The Balaban J connectivity index is 2.14. The fourth-order valence-corrected chi connectivity index (χ4v) is 2.54. The SMILES string of the molecule is CCCCCCCCCOC(=O)/C=C/C(=O)Nc1ccccc1Br. The van der Waals surface area contributed by atoms with Gasteiger partial charge in [0, 0.05) is 16.6 Å². The van der Waals surface area contributed by atoms with Gasteiger partial charge in [-0.1, -0.05) is 57.6 Å². The molecular weight excluding hydrogens is 370 g/mol. The Hall–Kier alpha value is -1.62. The van der Waals surface area contributed by atoms with Gasteiger partial charge in [0.2, 0.25) is 5.91 Å². The number of hydrogen-bond donors (Lipinski definition) is 1. The number of hydrogen-bond acceptors (Lipinski definition) is 3. The molecule has 24 heavy (non-hydrogen) atoms. The molecule has 1 rings (SSSR count). The summed E-state index contributed by atoms with van der Waals surface area (Å²) in [6, 6.07) is 7.28. The van der Waals surface area contributed by atoms with E-state index in [4.69, 9.17) is 4.74 Å². The minimum absolute atomic E-state index is 0.366. The van der Waals surface area contributed by atoms with E-state index in [2.05, 4.69) is 28.2 Å². The van der Waals surface area contributed by atoms with Crippen molar-refractivity contribution in [2.75, 3.05) is 11.9 Å². The number of esters is 1. The van der Waals surface area contributed by atoms with Gasteiger partial charge < -0.3 is 10.1 Å². The summed E-state index contributed by atoms with van der Waals surface area (Å²) >= 11 is 3.34. The Morgan fingerprint density at radius 3 is 2.42 bits per heavy atom. The second-order valence-electron chi connectivity index (χ2n) is 5.59. The van der Waals surface area contributed by atoms with E-state index in [0.717, 1.165) is 23.4 Å². The normalized spacial score (nSPS) is 10.8. The number of halogens is 1. The lowest BCUT2D eigenvalue weighted by Crippen LogP contribution is -2.10. The van der Waals surface area contributed by atoms with E-state index in [-0.39, 0.29) is 5.91 Å². The molecule has 0 saturated carbocycles. The predicted molar refractivity (Wildman–Crippen MR) is 101 cm³/mol. The molecule has 132 valence electrons. The minimum Gasteiger partial charge on any atom is -0.463 e. The molecule has 1 N–H and O–H groups in total. The molecule has 0 atom stereocenters. The van der Waals surface area contributed by atoms with E-state index in [1.807, 2.05) is 18.2 Å². The van der Waals surface area contributed by atoms with Crippen LogP contribution < -0.4 is 5.32 Å². The van der Waals surface area contributed by atoms with Crippen molar-refractivity contribution in [2.24, 2.45) is 0 Å². The van der Waals surface area contributed by atoms with Crippen LogP contribution >= 0.6 is 15.9 Å². The fourth-order valence-electron chi connectivity index (χ4n) is 2.16. The second-order valence-corrected chi connectivity index (χ2v) is 6.45. The van der Waals surface area contributed by atoms with Gasteiger partial charge in [-0.15, -0.1) is 0 Å². The molecule has 0 aliphatic carbocycles. The van der Waals surface area contributed by atoms with Gasteiger partial charge in [0.25, 0.3) is 0 Å². The van der Waals surface area contributed by atoms with Gasteiger partial charge in [-0.2, -0.15) is 0 Å². The Morgan fingerprint density at radius 1 is 1.04 bits per heavy atom. The lowest BCUT2D eigenvalue weighted by Gasteiger charge is -2.04. The first-order chi connectivity index (χ1) is 11.6. The highest BCUT2D eigenvalue weighted by atomic mass is 79.9. The first-order valence-electron chi connectivity index (χ1n) is 8.54. The molecule has 0 fully saturated rings. The quantitative estimate of drug-likeness (QED) is 0.316. The molecule has 0 spiro atoms. The summed E-state index contributed by atoms with van der Waals surface area (Å²) in [6.07, 6.45) is 10.5. The van der Waals surface area contributed by atoms with Crippen molar-refractivity contribution in [3.63, 3.8) is 0 Å². The highest BCUT2D eigenvalue weighted by molar-refractivity contribution is 9.10. The lowest BCUT2D eigenvalue weighted by atomic mass is 10.1. The van der Waals surface area contributed by atoms with Gasteiger partial charge in [-0.05, 0) is 34.5 Å². The molecule has 0 aliphatic heterocycles. The number of ether oxygens (including phenoxy) is 1. The summed E-state index contributed by atoms with van der Waals surface area (Å²) in [4.78, 5) is 23.3. The van der Waals surface area contributed by atoms with E-state index in [0.29, 0.717) is 12.3 Å². The fraction of sp³-hybridized carbons (Fsp3) is 0.474. The van der Waals surface area contributed by atoms with Crippen LogP contribution in [-0.4, -0.2) is 18.5 Å². The van der Waals surface area contributed by atoms with Crippen molar-refractivity contribution in [2.45, 2.75) is 51.9 Å². The molecule has 0 heterocycles. The van der Waals surface area contributed by atoms with Crippen molar-refractivity contribution < 1.29 is 14.3 Å². The van der Waals surface area contributed by atoms with Gasteiger partial charge in [-0.3, -0.25) is 4.79 Å². The zero-order valence-electron chi connectivity index (χ0n) is 14.2. The standard InChI is InChI=1S/C19H26BrNO3/c1-2-3-4-5-6-7-10-15-24-19(23)14-13-18(22)21-17-12-9-8-11-16(17)20/h8-9,11-14H,2-7,10,15H2,1H3,(H,21,22)/b14-13+. The summed E-state index contributed by atoms with van der Waals surface area (Å²) < 4.78 is 5.86. The largest absolute Gasteiger partial charge is 0.463 e. The Bertz CT molecular complexity index is 543. The maximum Gasteiger partial charge on any atom is 0.330 e. The number of benzene rings is 1. The number of amides is 1. The van der Waals surface area contributed by atoms with Crippen LogP contribution in [-0.2, 0) is 14.3 Å². The van der Waals surface area contributed by atoms with Crippen LogP contribution in [0.25, 0.3) is 0 Å². The molecule has 5 heteroatoms. The molecule has 0 saturated heterocycles. The average Bonchev–Trinajstić information content (AvgIpc) is 2.57. The predicted octanol–water partition coefficient (Wildman–Crippen LogP) is 5.24. The van der Waals surface area contributed by atoms with Crippen molar-refractivity contribution in [3.8, 4) is 0 Å². The first-order valence-corrected chi connectivity index (χ1v) is 9.33. The number of rotatable bonds is 11. The van der Waals surface area contributed by atoms with Crippen LogP contribution in [0, 0.1) is 0 Å². The molecule has 0 bridgehead atoms. The van der Waals surface area contributed by atoms with Crippen molar-refractivity contribution >= 4 is 33.5 Å². The summed E-state index contributed by atoms with van der Waals surface area (Å²) in [5.74, 6) is -0.849. The monoisotopic (exact) mass is 395 g/mol. The molecule has 1 aromatic rings. The minimum atomic E-state index is -0.483. The number of anilines is 1. The maximum absolute atomic E-state index is 11.7. The smallest absolute Gasteiger partial charge is 0.330 e. The van der Waals surface area contributed by atoms with Crippen LogP contribution in [0.1, 0.15) is 51.9 Å². The number of carbonyl (C=O) groups excluding carboxylic acids is 2. The second kappa shape index (κ2) is 12.8. The molecule has 1 amide bonds. The number of unbranched alkanes of at least 4 members (excludes halogenated alkanes) is 6. The van der Waals surface area contributed by atoms with Crippen molar-refractivity contribution in [1.82, 2.24) is 0 Å². The van der Waals surface area contributed by atoms with Crippen molar-refractivity contribution in [1.29, 1.82) is 0 Å². The van der Waals surface area contributed by atoms with Crippen LogP contribution in [0.2, 0.25) is 0 Å². The molecule has 4 nitrogen and oxygen atoms in total. The van der Waals surface area contributed by atoms with Crippen LogP contribution in [0.4, 0.5) is 5.69 Å². The summed E-state index contributed by atoms with van der Waals surface area (Å²) in [5.41, 5.74) is 0.656. The first kappa shape index (κ1) is 20.4. The number of para-hydroxylation sites is 1. The van der Waals surface area contributed by atoms with E-state index in [1.54, 1.807) is 6.07 Å². The van der Waals surface area contributed by atoms with Crippen molar-refractivity contribution in [3.05, 3.63) is 40.9 Å². The van der Waals surface area contributed by atoms with Gasteiger partial charge in [0.05, 0.1) is 12.3 Å². The highest BCUT2D eigenvalue weighted by Crippen LogP contribution is 2.20. The summed E-state index contributed by atoms with van der Waals surface area (Å²) in [5, 5.41) is 2.69. The van der Waals surface area contributed by atoms with E-state index >= 15 is 0 Å². The Kier molecular flexibility index (Phi) is 10.9. The van der Waals surface area contributed by atoms with Gasteiger partial charge in [0.15, 0.2) is 0 Å². The van der Waals surface area contributed by atoms with E-state index < -0.39 is 5.97 Å². The van der Waals surface area contributed by atoms with Crippen LogP contribution in [0.15, 0.2) is 40.9 Å². The van der Waals surface area contributed by atoms with E-state index in [9.17, 15) is 9.59 Å². The maximum atomic E-state index is 11.7. The zero-order valence-corrected chi connectivity index (χ0v) is 15.8. The topological polar surface area (TPSA) is 55.4 Å². The highest BCUT2D eigenvalue weighted by Gasteiger charge is 2.03. The molecule has 1 aromatic carbocycles. The third-order valence-electron chi connectivity index (χ3n) is 3.49. The number of nitrogens with one attached hydrogen (secondary N) is 1. The lowest BCUT2D eigenvalue weighted by molar-refractivity contribution is -0.138. The van der Waals surface area contributed by atoms with Crippen LogP contribution in [0.5, 0.6) is 0 Å². The summed E-state index contributed by atoms with van der Waals surface area (Å²) in [6.45, 7) is 2.61. The van der Waals surface area contributed by atoms with Gasteiger partial charge in [0.1, 0.15) is 0 Å². The Labute approximate surface area is 152 Å². The molecule has 0 aromatic heterocycles.